The molecule has 2 aromatic carbocycles. The highest BCUT2D eigenvalue weighted by Crippen LogP contribution is 2.28. The van der Waals surface area contributed by atoms with Gasteiger partial charge in [-0.25, -0.2) is 10.4 Å². The van der Waals surface area contributed by atoms with E-state index in [1.54, 1.807) is 30.3 Å². The van der Waals surface area contributed by atoms with Gasteiger partial charge in [0.2, 0.25) is 0 Å². The third-order valence-electron chi connectivity index (χ3n) is 4.96. The molecule has 0 radical (unpaired) electrons. The summed E-state index contributed by atoms with van der Waals surface area (Å²) in [7, 11) is 0. The Kier molecular flexibility index (Phi) is 8.09. The Morgan fingerprint density at radius 2 is 1.53 bits per heavy atom. The van der Waals surface area contributed by atoms with Crippen molar-refractivity contribution in [3.05, 3.63) is 68.7 Å². The molecule has 0 fully saturated rings. The summed E-state index contributed by atoms with van der Waals surface area (Å²) in [5, 5.41) is 1.48. The fraction of sp³-hybridized carbons (Fsp3) is 0.417. The van der Waals surface area contributed by atoms with Gasteiger partial charge < -0.3 is 0 Å². The minimum absolute atomic E-state index is 0.107. The zero-order valence-corrected chi connectivity index (χ0v) is 20.0. The molecule has 162 valence electrons. The van der Waals surface area contributed by atoms with E-state index < -0.39 is 11.8 Å². The number of carbonyl (C=O) groups is 2. The number of nitrogens with zero attached hydrogens (tertiary/aromatic N) is 1. The molecule has 0 aliphatic carbocycles. The Morgan fingerprint density at radius 1 is 1.00 bits per heavy atom. The molecule has 0 saturated heterocycles. The SMILES string of the molecule is CCC[C@@H](NN(C(=O)c1cc(C)cc(C)c1)C(=O)c1c(Cl)cccc1Cl)C(C)(C)C. The fourth-order valence-corrected chi connectivity index (χ4v) is 3.95. The Hall–Kier alpha value is -1.88. The average molecular weight is 449 g/mol. The number of rotatable bonds is 6. The maximum Gasteiger partial charge on any atom is 0.278 e. The van der Waals surface area contributed by atoms with E-state index in [9.17, 15) is 9.59 Å². The van der Waals surface area contributed by atoms with Crippen LogP contribution in [0.3, 0.4) is 0 Å². The number of hydrogen-bond acceptors (Lipinski definition) is 3. The van der Waals surface area contributed by atoms with E-state index in [0.29, 0.717) is 5.56 Å². The first-order chi connectivity index (χ1) is 14.0. The average Bonchev–Trinajstić information content (AvgIpc) is 2.62. The molecule has 6 heteroatoms. The lowest BCUT2D eigenvalue weighted by Crippen LogP contribution is -2.55. The topological polar surface area (TPSA) is 49.4 Å². The predicted octanol–water partition coefficient (Wildman–Crippen LogP) is 6.61. The molecule has 1 atom stereocenters. The van der Waals surface area contributed by atoms with Gasteiger partial charge in [0.25, 0.3) is 11.8 Å². The number of carbonyl (C=O) groups excluding carboxylic acids is 2. The van der Waals surface area contributed by atoms with Crippen molar-refractivity contribution in [1.82, 2.24) is 10.4 Å². The number of benzene rings is 2. The van der Waals surface area contributed by atoms with Gasteiger partial charge >= 0.3 is 0 Å². The van der Waals surface area contributed by atoms with Crippen molar-refractivity contribution >= 4 is 35.0 Å². The van der Waals surface area contributed by atoms with Crippen LogP contribution >= 0.6 is 23.2 Å². The maximum atomic E-state index is 13.5. The first kappa shape index (κ1) is 24.4. The van der Waals surface area contributed by atoms with Gasteiger partial charge in [-0.15, -0.1) is 0 Å². The van der Waals surface area contributed by atoms with Crippen LogP contribution in [-0.4, -0.2) is 22.9 Å². The Balaban J connectivity index is 2.56. The molecule has 30 heavy (non-hydrogen) atoms. The third kappa shape index (κ3) is 5.84. The first-order valence-electron chi connectivity index (χ1n) is 10.1. The Morgan fingerprint density at radius 3 is 2.00 bits per heavy atom. The highest BCUT2D eigenvalue weighted by Gasteiger charge is 2.33. The van der Waals surface area contributed by atoms with Gasteiger partial charge in [-0.1, -0.05) is 80.6 Å². The second kappa shape index (κ2) is 9.95. The predicted molar refractivity (Wildman–Crippen MR) is 124 cm³/mol. The molecule has 0 unspecified atom stereocenters. The Bertz CT molecular complexity index is 895. The number of aryl methyl sites for hydroxylation is 2. The van der Waals surface area contributed by atoms with Crippen molar-refractivity contribution in [3.63, 3.8) is 0 Å². The Labute approximate surface area is 189 Å². The molecule has 2 rings (SSSR count). The van der Waals surface area contributed by atoms with Crippen molar-refractivity contribution in [1.29, 1.82) is 0 Å². The van der Waals surface area contributed by atoms with Crippen molar-refractivity contribution in [2.75, 3.05) is 0 Å². The summed E-state index contributed by atoms with van der Waals surface area (Å²) in [6, 6.07) is 10.3. The molecule has 0 saturated carbocycles. The van der Waals surface area contributed by atoms with Gasteiger partial charge in [-0.3, -0.25) is 9.59 Å². The normalized spacial score (nSPS) is 12.5. The van der Waals surface area contributed by atoms with E-state index in [1.807, 2.05) is 19.9 Å². The lowest BCUT2D eigenvalue weighted by atomic mass is 9.84. The second-order valence-electron chi connectivity index (χ2n) is 8.76. The van der Waals surface area contributed by atoms with E-state index >= 15 is 0 Å². The van der Waals surface area contributed by atoms with Crippen molar-refractivity contribution < 1.29 is 9.59 Å². The largest absolute Gasteiger partial charge is 0.278 e. The summed E-state index contributed by atoms with van der Waals surface area (Å²) < 4.78 is 0. The molecule has 0 bridgehead atoms. The smallest absolute Gasteiger partial charge is 0.267 e. The summed E-state index contributed by atoms with van der Waals surface area (Å²) >= 11 is 12.6. The van der Waals surface area contributed by atoms with Crippen LogP contribution in [0, 0.1) is 19.3 Å². The van der Waals surface area contributed by atoms with Gasteiger partial charge in [0, 0.05) is 11.6 Å². The summed E-state index contributed by atoms with van der Waals surface area (Å²) in [5.41, 5.74) is 5.45. The molecule has 0 aliphatic heterocycles. The van der Waals surface area contributed by atoms with Crippen LogP contribution in [-0.2, 0) is 0 Å². The molecule has 0 heterocycles. The van der Waals surface area contributed by atoms with Gasteiger partial charge in [0.15, 0.2) is 0 Å². The van der Waals surface area contributed by atoms with E-state index in [1.165, 1.54) is 0 Å². The summed E-state index contributed by atoms with van der Waals surface area (Å²) in [6.07, 6.45) is 1.70. The lowest BCUT2D eigenvalue weighted by Gasteiger charge is -2.36. The summed E-state index contributed by atoms with van der Waals surface area (Å²) in [4.78, 5) is 27.0. The molecule has 0 spiro atoms. The molecular formula is C24H30Cl2N2O2. The van der Waals surface area contributed by atoms with Crippen LogP contribution in [0.15, 0.2) is 36.4 Å². The molecule has 0 aliphatic rings. The van der Waals surface area contributed by atoms with Crippen LogP contribution in [0.1, 0.15) is 72.4 Å². The summed E-state index contributed by atoms with van der Waals surface area (Å²) in [6.45, 7) is 12.1. The lowest BCUT2D eigenvalue weighted by molar-refractivity contribution is 0.0425. The van der Waals surface area contributed by atoms with E-state index in [2.05, 4.69) is 33.1 Å². The molecule has 4 nitrogen and oxygen atoms in total. The zero-order chi connectivity index (χ0) is 22.6. The van der Waals surface area contributed by atoms with E-state index in [-0.39, 0.29) is 27.1 Å². The number of nitrogens with one attached hydrogen (secondary N) is 1. The number of amides is 2. The van der Waals surface area contributed by atoms with Crippen LogP contribution in [0.25, 0.3) is 0 Å². The van der Waals surface area contributed by atoms with Gasteiger partial charge in [-0.2, -0.15) is 0 Å². The molecule has 2 amide bonds. The third-order valence-corrected chi connectivity index (χ3v) is 5.59. The number of imide groups is 1. The van der Waals surface area contributed by atoms with E-state index in [0.717, 1.165) is 29.0 Å². The molecule has 2 aromatic rings. The number of halogens is 2. The van der Waals surface area contributed by atoms with Crippen LogP contribution in [0.4, 0.5) is 0 Å². The van der Waals surface area contributed by atoms with Crippen LogP contribution in [0.5, 0.6) is 0 Å². The van der Waals surface area contributed by atoms with Crippen LogP contribution in [0.2, 0.25) is 10.0 Å². The zero-order valence-electron chi connectivity index (χ0n) is 18.5. The molecule has 0 aromatic heterocycles. The minimum Gasteiger partial charge on any atom is -0.267 e. The van der Waals surface area contributed by atoms with Crippen LogP contribution < -0.4 is 5.43 Å². The summed E-state index contributed by atoms with van der Waals surface area (Å²) in [5.74, 6) is -1.01. The highest BCUT2D eigenvalue weighted by molar-refractivity contribution is 6.40. The monoisotopic (exact) mass is 448 g/mol. The maximum absolute atomic E-state index is 13.5. The minimum atomic E-state index is -0.569. The number of hydrazine groups is 1. The van der Waals surface area contributed by atoms with Gasteiger partial charge in [0.1, 0.15) is 0 Å². The van der Waals surface area contributed by atoms with Gasteiger partial charge in [0.05, 0.1) is 15.6 Å². The quantitative estimate of drug-likeness (QED) is 0.399. The molecular weight excluding hydrogens is 419 g/mol. The standard InChI is InChI=1S/C24H30Cl2N2O2/c1-7-9-20(24(4,5)6)27-28(22(29)17-13-15(2)12-16(3)14-17)23(30)21-18(25)10-8-11-19(21)26/h8,10-14,20,27H,7,9H2,1-6H3/t20-/m1/s1. The second-order valence-corrected chi connectivity index (χ2v) is 9.57. The van der Waals surface area contributed by atoms with Crippen molar-refractivity contribution in [3.8, 4) is 0 Å². The number of hydrogen-bond donors (Lipinski definition) is 1. The highest BCUT2D eigenvalue weighted by atomic mass is 35.5. The molecule has 1 N–H and O–H groups in total. The van der Waals surface area contributed by atoms with Crippen molar-refractivity contribution in [2.24, 2.45) is 5.41 Å². The van der Waals surface area contributed by atoms with Crippen molar-refractivity contribution in [2.45, 2.75) is 60.4 Å². The first-order valence-corrected chi connectivity index (χ1v) is 10.9. The fourth-order valence-electron chi connectivity index (χ4n) is 3.39. The van der Waals surface area contributed by atoms with E-state index in [4.69, 9.17) is 23.2 Å². The van der Waals surface area contributed by atoms with Gasteiger partial charge in [-0.05, 0) is 49.9 Å².